The van der Waals surface area contributed by atoms with E-state index in [2.05, 4.69) is 4.58 Å². The molecule has 0 amide bonds. The largest absolute Gasteiger partial charge is 1.00 e. The molecule has 1 aromatic rings. The molecule has 0 radical (unpaired) electrons. The number of benzene rings is 1. The van der Waals surface area contributed by atoms with Crippen LogP contribution in [0.3, 0.4) is 0 Å². The van der Waals surface area contributed by atoms with Gasteiger partial charge in [-0.25, -0.2) is 0 Å². The highest BCUT2D eigenvalue weighted by Crippen LogP contribution is 2.36. The predicted molar refractivity (Wildman–Crippen MR) is 71.4 cm³/mol. The number of thioether (sulfide) groups is 1. The molecule has 18 heavy (non-hydrogen) atoms. The van der Waals surface area contributed by atoms with Crippen LogP contribution >= 0.6 is 11.8 Å². The number of halogens is 1. The molecule has 1 atom stereocenters. The van der Waals surface area contributed by atoms with Gasteiger partial charge in [0.25, 0.3) is 0 Å². The average molecular weight is 328 g/mol. The number of nitrogens with zero attached hydrogens (tertiary/aromatic N) is 1. The Balaban J connectivity index is 0.00000120. The monoisotopic (exact) mass is 327 g/mol. The number of rotatable bonds is 1. The minimum Gasteiger partial charge on any atom is -1.00 e. The van der Waals surface area contributed by atoms with Crippen molar-refractivity contribution in [3.05, 3.63) is 35.9 Å². The lowest BCUT2D eigenvalue weighted by atomic mass is 10.0. The van der Waals surface area contributed by atoms with Crippen molar-refractivity contribution < 1.29 is 26.7 Å². The van der Waals surface area contributed by atoms with E-state index in [1.54, 1.807) is 0 Å². The van der Waals surface area contributed by atoms with Crippen molar-refractivity contribution in [2.75, 3.05) is 12.3 Å². The SMILES string of the molecule is OC1(c2ccccc2)CSC2=[N+]1CCCCC2.[Br-]. The Kier molecular flexibility index (Phi) is 4.51. The molecule has 3 rings (SSSR count). The van der Waals surface area contributed by atoms with Gasteiger partial charge < -0.3 is 22.1 Å². The zero-order chi connectivity index (χ0) is 11.7. The minimum absolute atomic E-state index is 0. The standard InChI is InChI=1S/C14H18NOS.BrH/c16-14(12-7-3-1-4-8-12)11-17-13-9-5-2-6-10-15(13)14;/h1,3-4,7-8,16H,2,5-6,9-11H2;1H/q+1;/p-1. The van der Waals surface area contributed by atoms with E-state index >= 15 is 0 Å². The van der Waals surface area contributed by atoms with E-state index < -0.39 is 5.72 Å². The smallest absolute Gasteiger partial charge is 0.302 e. The van der Waals surface area contributed by atoms with E-state index in [4.69, 9.17) is 0 Å². The molecule has 1 aromatic carbocycles. The molecule has 2 heterocycles. The topological polar surface area (TPSA) is 23.2 Å². The second-order valence-electron chi connectivity index (χ2n) is 4.83. The van der Waals surface area contributed by atoms with Crippen molar-refractivity contribution >= 4 is 16.8 Å². The maximum absolute atomic E-state index is 11.0. The quantitative estimate of drug-likeness (QED) is 0.707. The van der Waals surface area contributed by atoms with Crippen LogP contribution in [-0.2, 0) is 5.72 Å². The van der Waals surface area contributed by atoms with Gasteiger partial charge in [0.2, 0.25) is 5.04 Å². The molecule has 0 spiro atoms. The van der Waals surface area contributed by atoms with Crippen molar-refractivity contribution in [3.8, 4) is 0 Å². The first kappa shape index (κ1) is 14.1. The third-order valence-electron chi connectivity index (χ3n) is 3.70. The second kappa shape index (κ2) is 5.76. The van der Waals surface area contributed by atoms with Crippen molar-refractivity contribution in [1.82, 2.24) is 0 Å². The Morgan fingerprint density at radius 3 is 2.67 bits per heavy atom. The van der Waals surface area contributed by atoms with E-state index in [0.29, 0.717) is 0 Å². The summed E-state index contributed by atoms with van der Waals surface area (Å²) in [6, 6.07) is 10.1. The fraction of sp³-hybridized carbons (Fsp3) is 0.500. The van der Waals surface area contributed by atoms with E-state index in [-0.39, 0.29) is 17.0 Å². The Hall–Kier alpha value is -0.320. The molecule has 0 fully saturated rings. The lowest BCUT2D eigenvalue weighted by Gasteiger charge is -2.20. The van der Waals surface area contributed by atoms with E-state index in [1.807, 2.05) is 42.1 Å². The van der Waals surface area contributed by atoms with Crippen LogP contribution in [0, 0.1) is 0 Å². The first-order chi connectivity index (χ1) is 8.31. The van der Waals surface area contributed by atoms with Gasteiger partial charge in [-0.05, 0) is 25.0 Å². The summed E-state index contributed by atoms with van der Waals surface area (Å²) in [5, 5.41) is 12.4. The van der Waals surface area contributed by atoms with Crippen molar-refractivity contribution in [2.24, 2.45) is 0 Å². The minimum atomic E-state index is -0.772. The Morgan fingerprint density at radius 2 is 1.89 bits per heavy atom. The van der Waals surface area contributed by atoms with Gasteiger partial charge in [-0.1, -0.05) is 30.0 Å². The Labute approximate surface area is 123 Å². The van der Waals surface area contributed by atoms with Crippen molar-refractivity contribution in [3.63, 3.8) is 0 Å². The van der Waals surface area contributed by atoms with Gasteiger partial charge in [-0.3, -0.25) is 0 Å². The van der Waals surface area contributed by atoms with Gasteiger partial charge in [0.15, 0.2) is 0 Å². The summed E-state index contributed by atoms with van der Waals surface area (Å²) in [5.74, 6) is 0.770. The molecule has 2 aliphatic heterocycles. The Bertz CT molecular complexity index is 448. The molecule has 1 unspecified atom stereocenters. The molecular formula is C14H18BrNOS. The molecule has 1 N–H and O–H groups in total. The molecule has 0 saturated carbocycles. The zero-order valence-corrected chi connectivity index (χ0v) is 12.7. The molecule has 4 heteroatoms. The molecule has 0 aromatic heterocycles. The van der Waals surface area contributed by atoms with Crippen LogP contribution in [-0.4, -0.2) is 27.0 Å². The van der Waals surface area contributed by atoms with Crippen LogP contribution in [0.5, 0.6) is 0 Å². The first-order valence-corrected chi connectivity index (χ1v) is 7.33. The zero-order valence-electron chi connectivity index (χ0n) is 10.3. The lowest BCUT2D eigenvalue weighted by Crippen LogP contribution is -3.00. The maximum Gasteiger partial charge on any atom is 0.302 e. The summed E-state index contributed by atoms with van der Waals surface area (Å²) in [6.07, 6.45) is 4.88. The van der Waals surface area contributed by atoms with Gasteiger partial charge in [0, 0.05) is 12.8 Å². The van der Waals surface area contributed by atoms with Gasteiger partial charge in [-0.15, -0.1) is 0 Å². The van der Waals surface area contributed by atoms with Gasteiger partial charge in [0.05, 0.1) is 5.56 Å². The van der Waals surface area contributed by atoms with Gasteiger partial charge >= 0.3 is 5.72 Å². The molecule has 2 nitrogen and oxygen atoms in total. The van der Waals surface area contributed by atoms with E-state index in [9.17, 15) is 5.11 Å². The molecule has 0 bridgehead atoms. The number of aliphatic hydroxyl groups is 1. The summed E-state index contributed by atoms with van der Waals surface area (Å²) >= 11 is 1.83. The van der Waals surface area contributed by atoms with Crippen LogP contribution < -0.4 is 17.0 Å². The van der Waals surface area contributed by atoms with Crippen LogP contribution in [0.25, 0.3) is 0 Å². The van der Waals surface area contributed by atoms with E-state index in [1.165, 1.54) is 24.3 Å². The highest BCUT2D eigenvalue weighted by molar-refractivity contribution is 8.13. The fourth-order valence-electron chi connectivity index (χ4n) is 2.73. The third-order valence-corrected chi connectivity index (χ3v) is 5.00. The van der Waals surface area contributed by atoms with Crippen molar-refractivity contribution in [2.45, 2.75) is 31.4 Å². The molecule has 98 valence electrons. The van der Waals surface area contributed by atoms with Gasteiger partial charge in [0.1, 0.15) is 12.3 Å². The van der Waals surface area contributed by atoms with Crippen molar-refractivity contribution in [1.29, 1.82) is 0 Å². The molecular weight excluding hydrogens is 310 g/mol. The second-order valence-corrected chi connectivity index (χ2v) is 5.88. The summed E-state index contributed by atoms with van der Waals surface area (Å²) < 4.78 is 2.24. The first-order valence-electron chi connectivity index (χ1n) is 6.35. The summed E-state index contributed by atoms with van der Waals surface area (Å²) in [4.78, 5) is 0. The van der Waals surface area contributed by atoms with Crippen LogP contribution in [0.2, 0.25) is 0 Å². The number of hydrogen-bond acceptors (Lipinski definition) is 2. The highest BCUT2D eigenvalue weighted by atomic mass is 79.9. The molecule has 0 saturated heterocycles. The highest BCUT2D eigenvalue weighted by Gasteiger charge is 2.48. The van der Waals surface area contributed by atoms with E-state index in [0.717, 1.165) is 24.3 Å². The number of hydrogen-bond donors (Lipinski definition) is 1. The third kappa shape index (κ3) is 2.38. The van der Waals surface area contributed by atoms with Crippen LogP contribution in [0.4, 0.5) is 0 Å². The maximum atomic E-state index is 11.0. The lowest BCUT2D eigenvalue weighted by molar-refractivity contribution is -0.658. The van der Waals surface area contributed by atoms with Crippen LogP contribution in [0.15, 0.2) is 30.3 Å². The Morgan fingerprint density at radius 1 is 1.11 bits per heavy atom. The average Bonchev–Trinajstić information content (AvgIpc) is 2.57. The molecule has 2 aliphatic rings. The molecule has 0 aliphatic carbocycles. The van der Waals surface area contributed by atoms with Crippen LogP contribution in [0.1, 0.15) is 31.2 Å². The predicted octanol–water partition coefficient (Wildman–Crippen LogP) is -0.432. The fourth-order valence-corrected chi connectivity index (χ4v) is 4.11. The van der Waals surface area contributed by atoms with Gasteiger partial charge in [-0.2, -0.15) is 4.58 Å². The normalized spacial score (nSPS) is 27.4. The summed E-state index contributed by atoms with van der Waals surface area (Å²) in [7, 11) is 0. The summed E-state index contributed by atoms with van der Waals surface area (Å²) in [6.45, 7) is 0.994. The summed E-state index contributed by atoms with van der Waals surface area (Å²) in [5.41, 5.74) is 0.260.